The number of hydrogen-bond acceptors (Lipinski definition) is 3. The molecule has 5 heteroatoms. The lowest BCUT2D eigenvalue weighted by atomic mass is 10.1. The summed E-state index contributed by atoms with van der Waals surface area (Å²) in [6.07, 6.45) is 3.17. The number of rotatable bonds is 3. The Hall–Kier alpha value is -2.59. The largest absolute Gasteiger partial charge is 0.411 e. The smallest absolute Gasteiger partial charge is 0.102 e. The van der Waals surface area contributed by atoms with Crippen molar-refractivity contribution in [2.75, 3.05) is 0 Å². The van der Waals surface area contributed by atoms with E-state index in [0.717, 1.165) is 11.3 Å². The van der Waals surface area contributed by atoms with Crippen molar-refractivity contribution in [2.45, 2.75) is 0 Å². The number of hydrogen-bond donors (Lipinski definition) is 1. The molecule has 4 nitrogen and oxygen atoms in total. The molecular weight excluding hydrogens is 286 g/mol. The van der Waals surface area contributed by atoms with Crippen molar-refractivity contribution >= 4 is 17.8 Å². The number of halogens is 1. The molecule has 1 N–H and O–H groups in total. The number of benzene rings is 2. The van der Waals surface area contributed by atoms with Gasteiger partial charge in [-0.1, -0.05) is 47.1 Å². The summed E-state index contributed by atoms with van der Waals surface area (Å²) in [5, 5.41) is 17.1. The quantitative estimate of drug-likeness (QED) is 0.451. The zero-order valence-electron chi connectivity index (χ0n) is 11.0. The SMILES string of the molecule is O/N=C/c1cn(-c2ccccc2)nc1-c1cccc(Cl)c1. The van der Waals surface area contributed by atoms with Gasteiger partial charge in [-0.15, -0.1) is 0 Å². The monoisotopic (exact) mass is 297 g/mol. The molecule has 0 atom stereocenters. The molecule has 104 valence electrons. The van der Waals surface area contributed by atoms with Gasteiger partial charge in [0.05, 0.1) is 11.9 Å². The van der Waals surface area contributed by atoms with Crippen LogP contribution in [0.3, 0.4) is 0 Å². The maximum absolute atomic E-state index is 8.83. The third kappa shape index (κ3) is 2.80. The fraction of sp³-hybridized carbons (Fsp3) is 0. The number of nitrogens with zero attached hydrogens (tertiary/aromatic N) is 3. The Morgan fingerprint density at radius 1 is 1.10 bits per heavy atom. The third-order valence-corrected chi connectivity index (χ3v) is 3.29. The predicted molar refractivity (Wildman–Crippen MR) is 83.4 cm³/mol. The van der Waals surface area contributed by atoms with Gasteiger partial charge in [-0.2, -0.15) is 5.10 Å². The lowest BCUT2D eigenvalue weighted by molar-refractivity contribution is 0.322. The van der Waals surface area contributed by atoms with Crippen molar-refractivity contribution in [3.63, 3.8) is 0 Å². The minimum atomic E-state index is 0.633. The Labute approximate surface area is 126 Å². The van der Waals surface area contributed by atoms with Crippen LogP contribution in [0.2, 0.25) is 5.02 Å². The van der Waals surface area contributed by atoms with Gasteiger partial charge < -0.3 is 5.21 Å². The van der Waals surface area contributed by atoms with Gasteiger partial charge in [-0.25, -0.2) is 4.68 Å². The van der Waals surface area contributed by atoms with E-state index in [4.69, 9.17) is 16.8 Å². The molecule has 0 spiro atoms. The van der Waals surface area contributed by atoms with Crippen LogP contribution in [0.4, 0.5) is 0 Å². The van der Waals surface area contributed by atoms with Gasteiger partial charge >= 0.3 is 0 Å². The highest BCUT2D eigenvalue weighted by molar-refractivity contribution is 6.30. The Balaban J connectivity index is 2.14. The van der Waals surface area contributed by atoms with E-state index < -0.39 is 0 Å². The summed E-state index contributed by atoms with van der Waals surface area (Å²) < 4.78 is 1.74. The van der Waals surface area contributed by atoms with Gasteiger partial charge in [0.25, 0.3) is 0 Å². The van der Waals surface area contributed by atoms with Crippen LogP contribution < -0.4 is 0 Å². The predicted octanol–water partition coefficient (Wildman–Crippen LogP) is 4.00. The minimum absolute atomic E-state index is 0.633. The fourth-order valence-electron chi connectivity index (χ4n) is 2.12. The molecule has 1 aromatic heterocycles. The van der Waals surface area contributed by atoms with Crippen LogP contribution in [0.15, 0.2) is 65.9 Å². The summed E-state index contributed by atoms with van der Waals surface area (Å²) in [6, 6.07) is 17.1. The van der Waals surface area contributed by atoms with E-state index in [0.29, 0.717) is 16.3 Å². The van der Waals surface area contributed by atoms with Crippen LogP contribution in [0.25, 0.3) is 16.9 Å². The van der Waals surface area contributed by atoms with Crippen LogP contribution in [-0.2, 0) is 0 Å². The molecule has 0 radical (unpaired) electrons. The first-order chi connectivity index (χ1) is 10.3. The van der Waals surface area contributed by atoms with Crippen LogP contribution in [0.1, 0.15) is 5.56 Å². The maximum atomic E-state index is 8.83. The fourth-order valence-corrected chi connectivity index (χ4v) is 2.31. The van der Waals surface area contributed by atoms with E-state index in [9.17, 15) is 0 Å². The maximum Gasteiger partial charge on any atom is 0.102 e. The van der Waals surface area contributed by atoms with Gasteiger partial charge in [0, 0.05) is 22.3 Å². The molecule has 0 aliphatic carbocycles. The standard InChI is InChI=1S/C16H12ClN3O/c17-14-6-4-5-12(9-14)16-13(10-18-21)11-20(19-16)15-7-2-1-3-8-15/h1-11,21H/b18-10+. The van der Waals surface area contributed by atoms with Crippen LogP contribution in [-0.4, -0.2) is 21.2 Å². The molecule has 3 rings (SSSR count). The molecule has 21 heavy (non-hydrogen) atoms. The average Bonchev–Trinajstić information content (AvgIpc) is 2.93. The second kappa shape index (κ2) is 5.81. The first-order valence-electron chi connectivity index (χ1n) is 6.36. The van der Waals surface area contributed by atoms with Gasteiger partial charge in [0.2, 0.25) is 0 Å². The molecule has 0 saturated carbocycles. The van der Waals surface area contributed by atoms with E-state index in [1.807, 2.05) is 54.7 Å². The Kier molecular flexibility index (Phi) is 3.71. The van der Waals surface area contributed by atoms with Gasteiger partial charge in [0.1, 0.15) is 5.69 Å². The molecule has 0 aliphatic rings. The first-order valence-corrected chi connectivity index (χ1v) is 6.74. The molecule has 0 bridgehead atoms. The molecule has 0 aliphatic heterocycles. The van der Waals surface area contributed by atoms with Crippen molar-refractivity contribution in [1.29, 1.82) is 0 Å². The van der Waals surface area contributed by atoms with Crippen molar-refractivity contribution in [1.82, 2.24) is 9.78 Å². The van der Waals surface area contributed by atoms with E-state index in [-0.39, 0.29) is 0 Å². The van der Waals surface area contributed by atoms with Gasteiger partial charge in [-0.3, -0.25) is 0 Å². The topological polar surface area (TPSA) is 50.4 Å². The number of para-hydroxylation sites is 1. The summed E-state index contributed by atoms with van der Waals surface area (Å²) in [5.74, 6) is 0. The second-order valence-corrected chi connectivity index (χ2v) is 4.90. The molecule has 0 unspecified atom stereocenters. The van der Waals surface area contributed by atoms with Gasteiger partial charge in [0.15, 0.2) is 0 Å². The number of oxime groups is 1. The van der Waals surface area contributed by atoms with Crippen LogP contribution in [0.5, 0.6) is 0 Å². The molecule has 0 saturated heterocycles. The first kappa shape index (κ1) is 13.4. The number of aromatic nitrogens is 2. The molecule has 2 aromatic carbocycles. The third-order valence-electron chi connectivity index (χ3n) is 3.06. The van der Waals surface area contributed by atoms with E-state index in [2.05, 4.69) is 10.3 Å². The summed E-state index contributed by atoms with van der Waals surface area (Å²) in [5.41, 5.74) is 3.22. The van der Waals surface area contributed by atoms with Crippen molar-refractivity contribution in [3.8, 4) is 16.9 Å². The van der Waals surface area contributed by atoms with E-state index >= 15 is 0 Å². The average molecular weight is 298 g/mol. The lowest BCUT2D eigenvalue weighted by Gasteiger charge is -2.00. The molecule has 3 aromatic rings. The van der Waals surface area contributed by atoms with Crippen LogP contribution >= 0.6 is 11.6 Å². The zero-order valence-corrected chi connectivity index (χ0v) is 11.8. The van der Waals surface area contributed by atoms with Gasteiger partial charge in [-0.05, 0) is 24.3 Å². The highest BCUT2D eigenvalue weighted by atomic mass is 35.5. The zero-order chi connectivity index (χ0) is 14.7. The van der Waals surface area contributed by atoms with Crippen molar-refractivity contribution in [3.05, 3.63) is 71.4 Å². The van der Waals surface area contributed by atoms with E-state index in [1.54, 1.807) is 10.7 Å². The highest BCUT2D eigenvalue weighted by Gasteiger charge is 2.11. The normalized spacial score (nSPS) is 11.1. The molecular formula is C16H12ClN3O. The summed E-state index contributed by atoms with van der Waals surface area (Å²) in [4.78, 5) is 0. The van der Waals surface area contributed by atoms with Crippen molar-refractivity contribution < 1.29 is 5.21 Å². The summed E-state index contributed by atoms with van der Waals surface area (Å²) in [7, 11) is 0. The summed E-state index contributed by atoms with van der Waals surface area (Å²) in [6.45, 7) is 0. The Bertz CT molecular complexity index is 781. The Morgan fingerprint density at radius 2 is 1.90 bits per heavy atom. The van der Waals surface area contributed by atoms with Crippen LogP contribution in [0, 0.1) is 0 Å². The van der Waals surface area contributed by atoms with Crippen molar-refractivity contribution in [2.24, 2.45) is 5.16 Å². The molecule has 1 heterocycles. The summed E-state index contributed by atoms with van der Waals surface area (Å²) >= 11 is 6.03. The van der Waals surface area contributed by atoms with E-state index in [1.165, 1.54) is 6.21 Å². The highest BCUT2D eigenvalue weighted by Crippen LogP contribution is 2.25. The molecule has 0 fully saturated rings. The minimum Gasteiger partial charge on any atom is -0.411 e. The lowest BCUT2D eigenvalue weighted by Crippen LogP contribution is -1.93. The molecule has 0 amide bonds. The second-order valence-electron chi connectivity index (χ2n) is 4.47. The Morgan fingerprint density at radius 3 is 2.62 bits per heavy atom.